The zero-order chi connectivity index (χ0) is 18.4. The first-order valence-electron chi connectivity index (χ1n) is 8.32. The first kappa shape index (κ1) is 17.9. The van der Waals surface area contributed by atoms with Crippen LogP contribution in [-0.2, 0) is 6.42 Å². The molecule has 2 heterocycles. The lowest BCUT2D eigenvalue weighted by Gasteiger charge is -2.06. The molecule has 0 aliphatic carbocycles. The van der Waals surface area contributed by atoms with Crippen LogP contribution in [0.4, 0.5) is 16.4 Å². The second kappa shape index (κ2) is 8.44. The molecule has 0 saturated carbocycles. The van der Waals surface area contributed by atoms with Gasteiger partial charge in [-0.1, -0.05) is 19.4 Å². The van der Waals surface area contributed by atoms with Crippen molar-refractivity contribution in [1.82, 2.24) is 9.97 Å². The molecule has 0 atom stereocenters. The summed E-state index contributed by atoms with van der Waals surface area (Å²) >= 11 is 1.46. The standard InChI is InChI=1S/C19H20N4O2S/c1-3-5-14-6-4-7-16(20-14)22-19(24)23-17-12-26-18(21-17)13-8-10-15(25-2)11-9-13/h4,6-12H,3,5H2,1-2H3,(H2,20,22,23,24). The van der Waals surface area contributed by atoms with E-state index >= 15 is 0 Å². The van der Waals surface area contributed by atoms with Crippen molar-refractivity contribution in [2.45, 2.75) is 19.8 Å². The van der Waals surface area contributed by atoms with Crippen molar-refractivity contribution < 1.29 is 9.53 Å². The van der Waals surface area contributed by atoms with Gasteiger partial charge in [0.25, 0.3) is 0 Å². The Balaban J connectivity index is 1.63. The van der Waals surface area contributed by atoms with E-state index in [1.165, 1.54) is 11.3 Å². The first-order chi connectivity index (χ1) is 12.7. The summed E-state index contributed by atoms with van der Waals surface area (Å²) in [4.78, 5) is 21.0. The Hall–Kier alpha value is -2.93. The highest BCUT2D eigenvalue weighted by molar-refractivity contribution is 7.13. The molecule has 6 nitrogen and oxygen atoms in total. The summed E-state index contributed by atoms with van der Waals surface area (Å²) in [6.45, 7) is 2.09. The summed E-state index contributed by atoms with van der Waals surface area (Å²) in [7, 11) is 1.63. The minimum absolute atomic E-state index is 0.363. The highest BCUT2D eigenvalue weighted by Gasteiger charge is 2.09. The van der Waals surface area contributed by atoms with Gasteiger partial charge in [0.2, 0.25) is 0 Å². The Morgan fingerprint density at radius 3 is 2.58 bits per heavy atom. The number of carbonyl (C=O) groups is 1. The Morgan fingerprint density at radius 2 is 1.85 bits per heavy atom. The number of thiazole rings is 1. The molecule has 2 aromatic heterocycles. The Morgan fingerprint density at radius 1 is 1.08 bits per heavy atom. The van der Waals surface area contributed by atoms with Gasteiger partial charge >= 0.3 is 6.03 Å². The van der Waals surface area contributed by atoms with E-state index in [9.17, 15) is 4.79 Å². The summed E-state index contributed by atoms with van der Waals surface area (Å²) < 4.78 is 5.15. The number of ether oxygens (including phenoxy) is 1. The van der Waals surface area contributed by atoms with Crippen LogP contribution < -0.4 is 15.4 Å². The molecule has 0 fully saturated rings. The van der Waals surface area contributed by atoms with Gasteiger partial charge in [0.05, 0.1) is 7.11 Å². The van der Waals surface area contributed by atoms with Crippen LogP contribution in [0.5, 0.6) is 5.75 Å². The van der Waals surface area contributed by atoms with Crippen molar-refractivity contribution in [1.29, 1.82) is 0 Å². The van der Waals surface area contributed by atoms with Crippen LogP contribution in [0, 0.1) is 0 Å². The summed E-state index contributed by atoms with van der Waals surface area (Å²) in [5, 5.41) is 8.11. The number of aromatic nitrogens is 2. The maximum absolute atomic E-state index is 12.2. The Bertz CT molecular complexity index is 877. The number of methoxy groups -OCH3 is 1. The van der Waals surface area contributed by atoms with Gasteiger partial charge in [-0.3, -0.25) is 10.6 Å². The smallest absolute Gasteiger partial charge is 0.326 e. The molecule has 0 bridgehead atoms. The van der Waals surface area contributed by atoms with Crippen molar-refractivity contribution in [3.63, 3.8) is 0 Å². The Kier molecular flexibility index (Phi) is 5.80. The average Bonchev–Trinajstić information content (AvgIpc) is 3.10. The Labute approximate surface area is 156 Å². The van der Waals surface area contributed by atoms with Crippen LogP contribution >= 0.6 is 11.3 Å². The van der Waals surface area contributed by atoms with Gasteiger partial charge in [-0.15, -0.1) is 11.3 Å². The number of nitrogens with zero attached hydrogens (tertiary/aromatic N) is 2. The molecular formula is C19H20N4O2S. The van der Waals surface area contributed by atoms with Gasteiger partial charge in [-0.2, -0.15) is 0 Å². The van der Waals surface area contributed by atoms with Crippen molar-refractivity contribution in [2.75, 3.05) is 17.7 Å². The highest BCUT2D eigenvalue weighted by Crippen LogP contribution is 2.27. The van der Waals surface area contributed by atoms with Gasteiger partial charge in [-0.05, 0) is 42.8 Å². The fourth-order valence-corrected chi connectivity index (χ4v) is 3.16. The number of anilines is 2. The van der Waals surface area contributed by atoms with E-state index in [0.29, 0.717) is 11.6 Å². The lowest BCUT2D eigenvalue weighted by molar-refractivity contribution is 0.262. The van der Waals surface area contributed by atoms with Gasteiger partial charge in [0, 0.05) is 16.6 Å². The van der Waals surface area contributed by atoms with E-state index in [1.54, 1.807) is 18.6 Å². The molecule has 2 amide bonds. The second-order valence-corrected chi connectivity index (χ2v) is 6.47. The lowest BCUT2D eigenvalue weighted by atomic mass is 10.2. The first-order valence-corrected chi connectivity index (χ1v) is 9.20. The molecular weight excluding hydrogens is 348 g/mol. The van der Waals surface area contributed by atoms with E-state index in [2.05, 4.69) is 27.5 Å². The second-order valence-electron chi connectivity index (χ2n) is 5.61. The number of amides is 2. The molecule has 3 aromatic rings. The molecule has 7 heteroatoms. The topological polar surface area (TPSA) is 76.1 Å². The summed E-state index contributed by atoms with van der Waals surface area (Å²) in [5.74, 6) is 1.82. The van der Waals surface area contributed by atoms with Crippen molar-refractivity contribution in [2.24, 2.45) is 0 Å². The maximum atomic E-state index is 12.2. The molecule has 0 aliphatic rings. The van der Waals surface area contributed by atoms with Crippen LogP contribution in [0.15, 0.2) is 47.8 Å². The van der Waals surface area contributed by atoms with Gasteiger partial charge in [-0.25, -0.2) is 14.8 Å². The van der Waals surface area contributed by atoms with E-state index in [0.717, 1.165) is 34.9 Å². The van der Waals surface area contributed by atoms with E-state index in [4.69, 9.17) is 4.74 Å². The predicted octanol–water partition coefficient (Wildman–Crippen LogP) is 4.81. The third kappa shape index (κ3) is 4.58. The SMILES string of the molecule is CCCc1cccc(NC(=O)Nc2csc(-c3ccc(OC)cc3)n2)n1. The number of hydrogen-bond donors (Lipinski definition) is 2. The van der Waals surface area contributed by atoms with E-state index in [1.807, 2.05) is 36.4 Å². The number of nitrogens with one attached hydrogen (secondary N) is 2. The summed E-state index contributed by atoms with van der Waals surface area (Å²) in [5.41, 5.74) is 1.93. The van der Waals surface area contributed by atoms with Crippen molar-refractivity contribution in [3.05, 3.63) is 53.5 Å². The van der Waals surface area contributed by atoms with Crippen molar-refractivity contribution >= 4 is 29.0 Å². The summed E-state index contributed by atoms with van der Waals surface area (Å²) in [6.07, 6.45) is 1.89. The molecule has 0 radical (unpaired) electrons. The fraction of sp³-hybridized carbons (Fsp3) is 0.211. The minimum Gasteiger partial charge on any atom is -0.497 e. The zero-order valence-corrected chi connectivity index (χ0v) is 15.5. The third-order valence-corrected chi connectivity index (χ3v) is 4.53. The molecule has 0 aliphatic heterocycles. The molecule has 0 unspecified atom stereocenters. The molecule has 134 valence electrons. The molecule has 0 spiro atoms. The number of carbonyl (C=O) groups excluding carboxylic acids is 1. The number of pyridine rings is 1. The van der Waals surface area contributed by atoms with Crippen LogP contribution in [0.25, 0.3) is 10.6 Å². The van der Waals surface area contributed by atoms with Crippen LogP contribution in [0.1, 0.15) is 19.0 Å². The number of benzene rings is 1. The van der Waals surface area contributed by atoms with E-state index < -0.39 is 0 Å². The quantitative estimate of drug-likeness (QED) is 0.655. The lowest BCUT2D eigenvalue weighted by Crippen LogP contribution is -2.20. The fourth-order valence-electron chi connectivity index (χ4n) is 2.41. The van der Waals surface area contributed by atoms with Crippen LogP contribution in [-0.4, -0.2) is 23.1 Å². The van der Waals surface area contributed by atoms with Crippen molar-refractivity contribution in [3.8, 4) is 16.3 Å². The number of aryl methyl sites for hydroxylation is 1. The number of hydrogen-bond acceptors (Lipinski definition) is 5. The van der Waals surface area contributed by atoms with Crippen LogP contribution in [0.2, 0.25) is 0 Å². The van der Waals surface area contributed by atoms with Crippen LogP contribution in [0.3, 0.4) is 0 Å². The van der Waals surface area contributed by atoms with E-state index in [-0.39, 0.29) is 6.03 Å². The number of rotatable bonds is 6. The minimum atomic E-state index is -0.363. The molecule has 2 N–H and O–H groups in total. The normalized spacial score (nSPS) is 10.4. The monoisotopic (exact) mass is 368 g/mol. The molecule has 1 aromatic carbocycles. The number of urea groups is 1. The zero-order valence-electron chi connectivity index (χ0n) is 14.7. The van der Waals surface area contributed by atoms with Gasteiger partial charge < -0.3 is 4.74 Å². The predicted molar refractivity (Wildman–Crippen MR) is 105 cm³/mol. The maximum Gasteiger partial charge on any atom is 0.326 e. The van der Waals surface area contributed by atoms with Gasteiger partial charge in [0.15, 0.2) is 0 Å². The third-order valence-electron chi connectivity index (χ3n) is 3.64. The molecule has 0 saturated heterocycles. The largest absolute Gasteiger partial charge is 0.497 e. The van der Waals surface area contributed by atoms with Gasteiger partial charge in [0.1, 0.15) is 22.4 Å². The summed E-state index contributed by atoms with van der Waals surface area (Å²) in [6, 6.07) is 12.9. The highest BCUT2D eigenvalue weighted by atomic mass is 32.1. The molecule has 26 heavy (non-hydrogen) atoms. The molecule has 3 rings (SSSR count). The average molecular weight is 368 g/mol.